The third-order valence-electron chi connectivity index (χ3n) is 2.83. The molecule has 2 nitrogen and oxygen atoms in total. The van der Waals surface area contributed by atoms with Crippen LogP contribution >= 0.6 is 0 Å². The molecule has 1 heterocycles. The van der Waals surface area contributed by atoms with Crippen LogP contribution in [0.2, 0.25) is 0 Å². The predicted molar refractivity (Wildman–Crippen MR) is 61.3 cm³/mol. The van der Waals surface area contributed by atoms with Crippen molar-refractivity contribution in [3.8, 4) is 0 Å². The van der Waals surface area contributed by atoms with Crippen LogP contribution in [0.1, 0.15) is 23.7 Å². The van der Waals surface area contributed by atoms with Gasteiger partial charge < -0.3 is 9.52 Å². The SMILES string of the molecule is CO.Cc1cc2c(C3CC3F)cccc2o1. The lowest BCUT2D eigenvalue weighted by Gasteiger charge is -1.98. The van der Waals surface area contributed by atoms with Gasteiger partial charge in [-0.25, -0.2) is 4.39 Å². The van der Waals surface area contributed by atoms with Gasteiger partial charge in [0.05, 0.1) is 0 Å². The number of fused-ring (bicyclic) bond motifs is 1. The van der Waals surface area contributed by atoms with Crippen molar-refractivity contribution in [3.63, 3.8) is 0 Å². The average Bonchev–Trinajstić information content (AvgIpc) is 2.88. The maximum absolute atomic E-state index is 13.0. The minimum atomic E-state index is -0.643. The van der Waals surface area contributed by atoms with Crippen LogP contribution in [0.15, 0.2) is 28.7 Å². The normalized spacial score (nSPS) is 22.8. The smallest absolute Gasteiger partial charge is 0.134 e. The lowest BCUT2D eigenvalue weighted by Crippen LogP contribution is -1.82. The highest BCUT2D eigenvalue weighted by Gasteiger charge is 2.39. The summed E-state index contributed by atoms with van der Waals surface area (Å²) in [6, 6.07) is 7.87. The van der Waals surface area contributed by atoms with Gasteiger partial charge in [0, 0.05) is 18.4 Å². The summed E-state index contributed by atoms with van der Waals surface area (Å²) in [7, 11) is 1.00. The minimum absolute atomic E-state index is 0.107. The number of hydrogen-bond donors (Lipinski definition) is 1. The minimum Gasteiger partial charge on any atom is -0.461 e. The molecule has 1 aromatic heterocycles. The molecule has 0 amide bonds. The molecule has 1 aliphatic carbocycles. The molecule has 0 bridgehead atoms. The molecule has 1 N–H and O–H groups in total. The molecule has 1 aromatic carbocycles. The summed E-state index contributed by atoms with van der Waals surface area (Å²) in [6.45, 7) is 1.92. The number of rotatable bonds is 1. The van der Waals surface area contributed by atoms with Crippen LogP contribution in [-0.4, -0.2) is 18.4 Å². The fourth-order valence-electron chi connectivity index (χ4n) is 2.02. The molecule has 2 unspecified atom stereocenters. The van der Waals surface area contributed by atoms with Crippen molar-refractivity contribution in [2.24, 2.45) is 0 Å². The fraction of sp³-hybridized carbons (Fsp3) is 0.385. The third-order valence-corrected chi connectivity index (χ3v) is 2.83. The molecule has 86 valence electrons. The molecule has 0 saturated heterocycles. The molecule has 1 fully saturated rings. The summed E-state index contributed by atoms with van der Waals surface area (Å²) in [5.74, 6) is 0.999. The van der Waals surface area contributed by atoms with E-state index >= 15 is 0 Å². The van der Waals surface area contributed by atoms with Crippen molar-refractivity contribution in [2.45, 2.75) is 25.4 Å². The van der Waals surface area contributed by atoms with Gasteiger partial charge in [0.2, 0.25) is 0 Å². The first-order valence-corrected chi connectivity index (χ1v) is 5.33. The van der Waals surface area contributed by atoms with Crippen LogP contribution in [0.3, 0.4) is 0 Å². The number of alkyl halides is 1. The number of aliphatic hydroxyl groups excluding tert-OH is 1. The van der Waals surface area contributed by atoms with Gasteiger partial charge in [0.1, 0.15) is 17.5 Å². The summed E-state index contributed by atoms with van der Waals surface area (Å²) in [4.78, 5) is 0. The monoisotopic (exact) mass is 222 g/mol. The zero-order chi connectivity index (χ0) is 11.7. The van der Waals surface area contributed by atoms with Crippen LogP contribution < -0.4 is 0 Å². The van der Waals surface area contributed by atoms with E-state index in [4.69, 9.17) is 9.52 Å². The quantitative estimate of drug-likeness (QED) is 0.804. The Kier molecular flexibility index (Phi) is 2.97. The number of halogens is 1. The van der Waals surface area contributed by atoms with Crippen molar-refractivity contribution >= 4 is 11.0 Å². The van der Waals surface area contributed by atoms with Crippen LogP contribution in [0, 0.1) is 6.92 Å². The molecule has 2 atom stereocenters. The highest BCUT2D eigenvalue weighted by molar-refractivity contribution is 5.82. The van der Waals surface area contributed by atoms with Crippen LogP contribution in [0.4, 0.5) is 4.39 Å². The first-order chi connectivity index (χ1) is 7.75. The van der Waals surface area contributed by atoms with Gasteiger partial charge in [0.15, 0.2) is 0 Å². The molecule has 3 heteroatoms. The second-order valence-corrected chi connectivity index (χ2v) is 3.97. The summed E-state index contributed by atoms with van der Waals surface area (Å²) >= 11 is 0. The Balaban J connectivity index is 0.000000457. The van der Waals surface area contributed by atoms with Crippen molar-refractivity contribution in [2.75, 3.05) is 7.11 Å². The zero-order valence-corrected chi connectivity index (χ0v) is 9.40. The molecule has 0 radical (unpaired) electrons. The van der Waals surface area contributed by atoms with Gasteiger partial charge >= 0.3 is 0 Å². The van der Waals surface area contributed by atoms with Crippen molar-refractivity contribution < 1.29 is 13.9 Å². The molecule has 1 saturated carbocycles. The molecule has 0 spiro atoms. The Morgan fingerprint density at radius 1 is 1.38 bits per heavy atom. The number of furan rings is 1. The van der Waals surface area contributed by atoms with Gasteiger partial charge in [0.25, 0.3) is 0 Å². The van der Waals surface area contributed by atoms with Gasteiger partial charge in [-0.1, -0.05) is 12.1 Å². The van der Waals surface area contributed by atoms with Gasteiger partial charge in [-0.15, -0.1) is 0 Å². The van der Waals surface area contributed by atoms with E-state index in [-0.39, 0.29) is 5.92 Å². The molecule has 3 rings (SSSR count). The summed E-state index contributed by atoms with van der Waals surface area (Å²) in [5, 5.41) is 8.08. The first-order valence-electron chi connectivity index (χ1n) is 5.33. The number of hydrogen-bond acceptors (Lipinski definition) is 2. The van der Waals surface area contributed by atoms with Crippen LogP contribution in [0.25, 0.3) is 11.0 Å². The highest BCUT2D eigenvalue weighted by atomic mass is 19.1. The van der Waals surface area contributed by atoms with E-state index in [0.717, 1.165) is 29.4 Å². The van der Waals surface area contributed by atoms with Gasteiger partial charge in [-0.2, -0.15) is 0 Å². The lowest BCUT2D eigenvalue weighted by atomic mass is 10.1. The second-order valence-electron chi connectivity index (χ2n) is 3.97. The summed E-state index contributed by atoms with van der Waals surface area (Å²) in [6.07, 6.45) is 0.0272. The topological polar surface area (TPSA) is 33.4 Å². The van der Waals surface area contributed by atoms with Crippen molar-refractivity contribution in [1.82, 2.24) is 0 Å². The van der Waals surface area contributed by atoms with Crippen molar-refractivity contribution in [3.05, 3.63) is 35.6 Å². The van der Waals surface area contributed by atoms with Gasteiger partial charge in [-0.05, 0) is 31.0 Å². The van der Waals surface area contributed by atoms with E-state index in [2.05, 4.69) is 0 Å². The maximum atomic E-state index is 13.0. The fourth-order valence-corrected chi connectivity index (χ4v) is 2.02. The summed E-state index contributed by atoms with van der Waals surface area (Å²) in [5.41, 5.74) is 1.98. The zero-order valence-electron chi connectivity index (χ0n) is 9.40. The highest BCUT2D eigenvalue weighted by Crippen LogP contribution is 2.46. The Morgan fingerprint density at radius 3 is 2.69 bits per heavy atom. The average molecular weight is 222 g/mol. The number of aliphatic hydroxyl groups is 1. The Hall–Kier alpha value is -1.35. The molecule has 0 aliphatic heterocycles. The van der Waals surface area contributed by atoms with E-state index in [1.54, 1.807) is 0 Å². The van der Waals surface area contributed by atoms with E-state index in [0.29, 0.717) is 6.42 Å². The Labute approximate surface area is 93.7 Å². The van der Waals surface area contributed by atoms with Gasteiger partial charge in [-0.3, -0.25) is 0 Å². The Morgan fingerprint density at radius 2 is 2.06 bits per heavy atom. The Bertz CT molecular complexity index is 490. The van der Waals surface area contributed by atoms with E-state index in [1.807, 2.05) is 31.2 Å². The first kappa shape index (κ1) is 11.1. The maximum Gasteiger partial charge on any atom is 0.134 e. The van der Waals surface area contributed by atoms with E-state index in [1.165, 1.54) is 0 Å². The molecule has 2 aromatic rings. The lowest BCUT2D eigenvalue weighted by molar-refractivity contribution is 0.399. The summed E-state index contributed by atoms with van der Waals surface area (Å²) < 4.78 is 18.5. The molecule has 16 heavy (non-hydrogen) atoms. The second kappa shape index (κ2) is 4.26. The van der Waals surface area contributed by atoms with E-state index in [9.17, 15) is 4.39 Å². The molecular weight excluding hydrogens is 207 g/mol. The predicted octanol–water partition coefficient (Wildman–Crippen LogP) is 3.18. The number of aryl methyl sites for hydroxylation is 1. The van der Waals surface area contributed by atoms with Crippen molar-refractivity contribution in [1.29, 1.82) is 0 Å². The van der Waals surface area contributed by atoms with Crippen LogP contribution in [0.5, 0.6) is 0 Å². The van der Waals surface area contributed by atoms with E-state index < -0.39 is 6.17 Å². The standard InChI is InChI=1S/C12H11FO.CH4O/c1-7-5-10-8(9-6-11(9)13)3-2-4-12(10)14-7;1-2/h2-5,9,11H,6H2,1H3;2H,1H3. The largest absolute Gasteiger partial charge is 0.461 e. The molecule has 1 aliphatic rings. The third kappa shape index (κ3) is 1.83. The molecular formula is C13H15FO2. The van der Waals surface area contributed by atoms with Crippen LogP contribution in [-0.2, 0) is 0 Å². The number of benzene rings is 1.